The number of benzene rings is 3. The van der Waals surface area contributed by atoms with Crippen LogP contribution in [-0.2, 0) is 11.3 Å². The van der Waals surface area contributed by atoms with Crippen molar-refractivity contribution in [3.05, 3.63) is 114 Å². The first-order chi connectivity index (χ1) is 16.5. The zero-order valence-electron chi connectivity index (χ0n) is 19.0. The van der Waals surface area contributed by atoms with Gasteiger partial charge in [-0.2, -0.15) is 0 Å². The van der Waals surface area contributed by atoms with Crippen LogP contribution in [0.2, 0.25) is 0 Å². The maximum Gasteiger partial charge on any atom is 0.251 e. The molecule has 0 unspecified atom stereocenters. The average molecular weight is 459 g/mol. The van der Waals surface area contributed by atoms with Crippen molar-refractivity contribution >= 4 is 11.8 Å². The van der Waals surface area contributed by atoms with Crippen LogP contribution in [0.15, 0.2) is 91.0 Å². The van der Waals surface area contributed by atoms with E-state index in [2.05, 4.69) is 5.32 Å². The quantitative estimate of drug-likeness (QED) is 0.526. The molecule has 1 heterocycles. The number of hydrogen-bond acceptors (Lipinski definition) is 3. The van der Waals surface area contributed by atoms with Crippen LogP contribution in [0, 0.1) is 5.82 Å². The molecule has 4 rings (SSSR count). The van der Waals surface area contributed by atoms with Crippen molar-refractivity contribution in [1.29, 1.82) is 0 Å². The molecule has 6 heteroatoms. The van der Waals surface area contributed by atoms with E-state index in [9.17, 15) is 14.0 Å². The minimum atomic E-state index is -0.330. The molecule has 1 N–H and O–H groups in total. The van der Waals surface area contributed by atoms with E-state index in [0.717, 1.165) is 16.9 Å². The maximum atomic E-state index is 13.5. The Morgan fingerprint density at radius 2 is 1.74 bits per heavy atom. The minimum absolute atomic E-state index is 0.0899. The Balaban J connectivity index is 1.60. The van der Waals surface area contributed by atoms with E-state index < -0.39 is 0 Å². The maximum absolute atomic E-state index is 13.5. The molecule has 0 saturated carbocycles. The van der Waals surface area contributed by atoms with Crippen molar-refractivity contribution < 1.29 is 18.7 Å². The number of rotatable bonds is 6. The number of carbonyl (C=O) groups excluding carboxylic acids is 2. The molecule has 3 aromatic rings. The Labute approximate surface area is 198 Å². The van der Waals surface area contributed by atoms with Crippen LogP contribution in [0.3, 0.4) is 0 Å². The standard InChI is InChI=1S/C28H27FN2O3/c1-34-25-16-12-21(13-17-25)26-9-5-8-24(30-28(33)22-6-3-2-4-7-22)18-27(32)31(26)19-20-10-14-23(29)15-11-20/h2-7,9-17,24,26H,8,18-19H2,1H3,(H,30,33)/b9-5-/t24-,26+/m0/s1. The predicted octanol–water partition coefficient (Wildman–Crippen LogP) is 5.05. The Hall–Kier alpha value is -3.93. The third kappa shape index (κ3) is 5.70. The molecule has 0 aliphatic carbocycles. The summed E-state index contributed by atoms with van der Waals surface area (Å²) in [6.07, 6.45) is 4.71. The van der Waals surface area contributed by atoms with Crippen molar-refractivity contribution in [2.45, 2.75) is 31.5 Å². The molecule has 0 aromatic heterocycles. The summed E-state index contributed by atoms with van der Waals surface area (Å²) in [5.41, 5.74) is 2.33. The molecule has 2 atom stereocenters. The number of hydrogen-bond donors (Lipinski definition) is 1. The lowest BCUT2D eigenvalue weighted by molar-refractivity contribution is -0.134. The second-order valence-electron chi connectivity index (χ2n) is 8.27. The van der Waals surface area contributed by atoms with E-state index >= 15 is 0 Å². The third-order valence-electron chi connectivity index (χ3n) is 5.91. The van der Waals surface area contributed by atoms with E-state index in [1.54, 1.807) is 36.3 Å². The van der Waals surface area contributed by atoms with E-state index in [-0.39, 0.29) is 36.1 Å². The van der Waals surface area contributed by atoms with Crippen LogP contribution >= 0.6 is 0 Å². The molecule has 2 amide bonds. The number of nitrogens with one attached hydrogen (secondary N) is 1. The summed E-state index contributed by atoms with van der Waals surface area (Å²) in [7, 11) is 1.61. The van der Waals surface area contributed by atoms with Gasteiger partial charge < -0.3 is 15.0 Å². The smallest absolute Gasteiger partial charge is 0.251 e. The van der Waals surface area contributed by atoms with Gasteiger partial charge in [0.05, 0.1) is 13.2 Å². The summed E-state index contributed by atoms with van der Waals surface area (Å²) in [5, 5.41) is 2.99. The van der Waals surface area contributed by atoms with E-state index in [1.807, 2.05) is 54.6 Å². The fraction of sp³-hybridized carbons (Fsp3) is 0.214. The van der Waals surface area contributed by atoms with Crippen LogP contribution in [0.25, 0.3) is 0 Å². The fourth-order valence-corrected chi connectivity index (χ4v) is 4.08. The highest BCUT2D eigenvalue weighted by Crippen LogP contribution is 2.29. The van der Waals surface area contributed by atoms with Crippen LogP contribution < -0.4 is 10.1 Å². The van der Waals surface area contributed by atoms with Gasteiger partial charge in [-0.25, -0.2) is 4.39 Å². The second-order valence-corrected chi connectivity index (χ2v) is 8.27. The summed E-state index contributed by atoms with van der Waals surface area (Å²) in [6, 6.07) is 22.1. The van der Waals surface area contributed by atoms with E-state index in [0.29, 0.717) is 18.5 Å². The van der Waals surface area contributed by atoms with E-state index in [1.165, 1.54) is 12.1 Å². The minimum Gasteiger partial charge on any atom is -0.497 e. The first-order valence-corrected chi connectivity index (χ1v) is 11.2. The van der Waals surface area contributed by atoms with Gasteiger partial charge in [0.1, 0.15) is 11.6 Å². The highest BCUT2D eigenvalue weighted by atomic mass is 19.1. The molecule has 1 aliphatic heterocycles. The lowest BCUT2D eigenvalue weighted by atomic mass is 9.97. The average Bonchev–Trinajstić information content (AvgIpc) is 2.86. The van der Waals surface area contributed by atoms with Crippen molar-refractivity contribution in [3.63, 3.8) is 0 Å². The highest BCUT2D eigenvalue weighted by Gasteiger charge is 2.28. The zero-order chi connectivity index (χ0) is 23.9. The van der Waals surface area contributed by atoms with Gasteiger partial charge in [-0.3, -0.25) is 9.59 Å². The number of methoxy groups -OCH3 is 1. The first-order valence-electron chi connectivity index (χ1n) is 11.2. The summed E-state index contributed by atoms with van der Waals surface area (Å²) >= 11 is 0. The molecule has 1 aliphatic rings. The molecular weight excluding hydrogens is 431 g/mol. The molecule has 174 valence electrons. The van der Waals surface area contributed by atoms with Gasteiger partial charge in [-0.1, -0.05) is 54.6 Å². The largest absolute Gasteiger partial charge is 0.497 e. The van der Waals surface area contributed by atoms with Crippen molar-refractivity contribution in [2.24, 2.45) is 0 Å². The molecule has 3 aromatic carbocycles. The second kappa shape index (κ2) is 10.8. The fourth-order valence-electron chi connectivity index (χ4n) is 4.08. The van der Waals surface area contributed by atoms with Gasteiger partial charge in [0.15, 0.2) is 0 Å². The monoisotopic (exact) mass is 458 g/mol. The normalized spacial score (nSPS) is 19.1. The summed E-state index contributed by atoms with van der Waals surface area (Å²) in [5.74, 6) is 0.119. The summed E-state index contributed by atoms with van der Waals surface area (Å²) in [6.45, 7) is 0.319. The first kappa shape index (κ1) is 23.2. The number of nitrogens with zero attached hydrogens (tertiary/aromatic N) is 1. The van der Waals surface area contributed by atoms with Crippen molar-refractivity contribution in [3.8, 4) is 5.75 Å². The molecule has 0 bridgehead atoms. The molecular formula is C28H27FN2O3. The van der Waals surface area contributed by atoms with Gasteiger partial charge in [0, 0.05) is 24.6 Å². The molecule has 0 saturated heterocycles. The van der Waals surface area contributed by atoms with Crippen LogP contribution in [0.4, 0.5) is 4.39 Å². The summed E-state index contributed by atoms with van der Waals surface area (Å²) in [4.78, 5) is 27.9. The SMILES string of the molecule is COc1ccc([C@H]2/C=C\C[C@H](NC(=O)c3ccccc3)CC(=O)N2Cc2ccc(F)cc2)cc1. The Bertz CT molecular complexity index is 1140. The topological polar surface area (TPSA) is 58.6 Å². The van der Waals surface area contributed by atoms with Crippen LogP contribution in [0.1, 0.15) is 40.4 Å². The van der Waals surface area contributed by atoms with Gasteiger partial charge in [0.2, 0.25) is 5.91 Å². The van der Waals surface area contributed by atoms with Crippen LogP contribution in [-0.4, -0.2) is 29.9 Å². The third-order valence-corrected chi connectivity index (χ3v) is 5.91. The number of ether oxygens (including phenoxy) is 1. The van der Waals surface area contributed by atoms with Gasteiger partial charge >= 0.3 is 0 Å². The lowest BCUT2D eigenvalue weighted by Crippen LogP contribution is -2.42. The molecule has 0 radical (unpaired) electrons. The number of carbonyl (C=O) groups is 2. The van der Waals surface area contributed by atoms with Crippen molar-refractivity contribution in [1.82, 2.24) is 10.2 Å². The number of halogens is 1. The Morgan fingerprint density at radius 1 is 1.03 bits per heavy atom. The van der Waals surface area contributed by atoms with Crippen molar-refractivity contribution in [2.75, 3.05) is 7.11 Å². The molecule has 34 heavy (non-hydrogen) atoms. The van der Waals surface area contributed by atoms with Gasteiger partial charge in [0.25, 0.3) is 5.91 Å². The Kier molecular flexibility index (Phi) is 7.38. The summed E-state index contributed by atoms with van der Waals surface area (Å²) < 4.78 is 18.7. The molecule has 0 fully saturated rings. The van der Waals surface area contributed by atoms with Gasteiger partial charge in [-0.15, -0.1) is 0 Å². The van der Waals surface area contributed by atoms with Gasteiger partial charge in [-0.05, 0) is 53.9 Å². The molecule has 5 nitrogen and oxygen atoms in total. The predicted molar refractivity (Wildman–Crippen MR) is 129 cm³/mol. The number of amides is 2. The Morgan fingerprint density at radius 3 is 2.41 bits per heavy atom. The molecule has 0 spiro atoms. The highest BCUT2D eigenvalue weighted by molar-refractivity contribution is 5.94. The van der Waals surface area contributed by atoms with Crippen LogP contribution in [0.5, 0.6) is 5.75 Å². The zero-order valence-corrected chi connectivity index (χ0v) is 19.0. The lowest BCUT2D eigenvalue weighted by Gasteiger charge is -2.33. The van der Waals surface area contributed by atoms with E-state index in [4.69, 9.17) is 4.74 Å².